The van der Waals surface area contributed by atoms with E-state index in [2.05, 4.69) is 22.1 Å². The molecule has 6 heteroatoms. The molecule has 0 aliphatic rings. The first-order valence-corrected chi connectivity index (χ1v) is 13.1. The maximum absolute atomic E-state index is 6.31. The number of fused-ring (bicyclic) bond motifs is 9. The Kier molecular flexibility index (Phi) is 4.24. The summed E-state index contributed by atoms with van der Waals surface area (Å²) in [5, 5.41) is 3.88. The lowest BCUT2D eigenvalue weighted by atomic mass is 10.0. The molecule has 0 radical (unpaired) electrons. The summed E-state index contributed by atoms with van der Waals surface area (Å²) in [6, 6.07) is 32.1. The molecule has 0 bridgehead atoms. The molecule has 4 aromatic carbocycles. The molecule has 0 saturated heterocycles. The van der Waals surface area contributed by atoms with Gasteiger partial charge in [-0.3, -0.25) is 9.97 Å². The molecule has 0 unspecified atom stereocenters. The van der Waals surface area contributed by atoms with Crippen LogP contribution in [-0.4, -0.2) is 19.9 Å². The Morgan fingerprint density at radius 1 is 0.425 bits per heavy atom. The van der Waals surface area contributed by atoms with E-state index in [4.69, 9.17) is 18.8 Å². The summed E-state index contributed by atoms with van der Waals surface area (Å²) in [4.78, 5) is 20.0. The van der Waals surface area contributed by atoms with E-state index in [0.717, 1.165) is 88.5 Å². The van der Waals surface area contributed by atoms with E-state index in [0.29, 0.717) is 0 Å². The lowest BCUT2D eigenvalue weighted by Gasteiger charge is -2.12. The summed E-state index contributed by atoms with van der Waals surface area (Å²) in [6.45, 7) is 0. The van der Waals surface area contributed by atoms with Gasteiger partial charge in [0.25, 0.3) is 0 Å². The molecular weight excluding hydrogens is 496 g/mol. The van der Waals surface area contributed by atoms with Crippen LogP contribution in [0.15, 0.2) is 118 Å². The lowest BCUT2D eigenvalue weighted by Crippen LogP contribution is -1.96. The van der Waals surface area contributed by atoms with Gasteiger partial charge >= 0.3 is 0 Å². The quantitative estimate of drug-likeness (QED) is 0.170. The van der Waals surface area contributed by atoms with Gasteiger partial charge in [-0.05, 0) is 60.7 Å². The minimum Gasteiger partial charge on any atom is -0.456 e. The molecule has 9 aromatic rings. The predicted octanol–water partition coefficient (Wildman–Crippen LogP) is 8.71. The van der Waals surface area contributed by atoms with Gasteiger partial charge in [0.15, 0.2) is 0 Å². The highest BCUT2D eigenvalue weighted by Gasteiger charge is 2.21. The van der Waals surface area contributed by atoms with Crippen LogP contribution in [0, 0.1) is 0 Å². The number of hydrogen-bond acceptors (Lipinski definition) is 6. The van der Waals surface area contributed by atoms with Crippen LogP contribution >= 0.6 is 0 Å². The molecule has 40 heavy (non-hydrogen) atoms. The maximum Gasteiger partial charge on any atom is 0.137 e. The smallest absolute Gasteiger partial charge is 0.137 e. The van der Waals surface area contributed by atoms with Crippen molar-refractivity contribution in [2.24, 2.45) is 0 Å². The number of aromatic nitrogens is 4. The van der Waals surface area contributed by atoms with Gasteiger partial charge in [-0.15, -0.1) is 0 Å². The average molecular weight is 515 g/mol. The number of hydrogen-bond donors (Lipinski definition) is 0. The molecule has 5 aromatic heterocycles. The van der Waals surface area contributed by atoms with Gasteiger partial charge in [0.05, 0.1) is 22.1 Å². The Labute approximate surface area is 226 Å². The Morgan fingerprint density at radius 2 is 0.900 bits per heavy atom. The molecule has 0 aliphatic carbocycles. The fourth-order valence-corrected chi connectivity index (χ4v) is 5.71. The molecule has 9 rings (SSSR count). The lowest BCUT2D eigenvalue weighted by molar-refractivity contribution is 0.630. The molecule has 0 N–H and O–H groups in total. The molecule has 0 saturated carbocycles. The van der Waals surface area contributed by atoms with Crippen LogP contribution in [-0.2, 0) is 0 Å². The third-order valence-electron chi connectivity index (χ3n) is 7.55. The number of pyridine rings is 2. The minimum atomic E-state index is 0.734. The van der Waals surface area contributed by atoms with Crippen LogP contribution in [0.25, 0.3) is 88.5 Å². The van der Waals surface area contributed by atoms with Gasteiger partial charge in [-0.25, -0.2) is 9.97 Å². The molecule has 0 fully saturated rings. The second-order valence-electron chi connectivity index (χ2n) is 9.87. The SMILES string of the molecule is c1ccc2oc(-c3ccc(-c4cc5ccccc5o4)c4nc5c6cccnc6c6ncccc6c5nc34)cc2c1. The highest BCUT2D eigenvalue weighted by atomic mass is 16.3. The van der Waals surface area contributed by atoms with E-state index in [1.165, 1.54) is 0 Å². The molecule has 6 nitrogen and oxygen atoms in total. The molecular formula is C34H18N4O2. The minimum absolute atomic E-state index is 0.734. The zero-order valence-corrected chi connectivity index (χ0v) is 21.0. The van der Waals surface area contributed by atoms with Gasteiger partial charge in [0.1, 0.15) is 33.7 Å². The largest absolute Gasteiger partial charge is 0.456 e. The third kappa shape index (κ3) is 2.98. The summed E-state index contributed by atoms with van der Waals surface area (Å²) in [7, 11) is 0. The Morgan fingerprint density at radius 3 is 1.38 bits per heavy atom. The van der Waals surface area contributed by atoms with Crippen molar-refractivity contribution in [1.29, 1.82) is 0 Å². The molecule has 0 amide bonds. The molecule has 0 atom stereocenters. The maximum atomic E-state index is 6.31. The molecule has 5 heterocycles. The van der Waals surface area contributed by atoms with Crippen molar-refractivity contribution in [1.82, 2.24) is 19.9 Å². The first kappa shape index (κ1) is 21.3. The van der Waals surface area contributed by atoms with E-state index in [1.54, 1.807) is 12.4 Å². The van der Waals surface area contributed by atoms with Crippen molar-refractivity contribution >= 4 is 65.8 Å². The summed E-state index contributed by atoms with van der Waals surface area (Å²) in [5.41, 5.74) is 8.00. The second-order valence-corrected chi connectivity index (χ2v) is 9.87. The van der Waals surface area contributed by atoms with E-state index in [9.17, 15) is 0 Å². The fraction of sp³-hybridized carbons (Fsp3) is 0. The van der Waals surface area contributed by atoms with Crippen LogP contribution in [0.1, 0.15) is 0 Å². The van der Waals surface area contributed by atoms with Crippen LogP contribution in [0.5, 0.6) is 0 Å². The van der Waals surface area contributed by atoms with Crippen molar-refractivity contribution in [2.75, 3.05) is 0 Å². The first-order valence-electron chi connectivity index (χ1n) is 13.1. The summed E-state index contributed by atoms with van der Waals surface area (Å²) < 4.78 is 12.6. The van der Waals surface area contributed by atoms with Crippen molar-refractivity contribution in [2.45, 2.75) is 0 Å². The fourth-order valence-electron chi connectivity index (χ4n) is 5.71. The van der Waals surface area contributed by atoms with Crippen LogP contribution in [0.2, 0.25) is 0 Å². The van der Waals surface area contributed by atoms with E-state index < -0.39 is 0 Å². The molecule has 186 valence electrons. The van der Waals surface area contributed by atoms with E-state index in [1.807, 2.05) is 84.9 Å². The van der Waals surface area contributed by atoms with Gasteiger partial charge in [-0.2, -0.15) is 0 Å². The number of nitrogens with zero attached hydrogens (tertiary/aromatic N) is 4. The monoisotopic (exact) mass is 514 g/mol. The molecule has 0 aliphatic heterocycles. The normalized spacial score (nSPS) is 12.0. The van der Waals surface area contributed by atoms with Gasteiger partial charge in [0.2, 0.25) is 0 Å². The second kappa shape index (κ2) is 7.94. The first-order chi connectivity index (χ1) is 19.8. The number of benzene rings is 4. The Hall–Kier alpha value is -5.62. The Bertz CT molecular complexity index is 2220. The number of para-hydroxylation sites is 2. The number of rotatable bonds is 2. The zero-order valence-electron chi connectivity index (χ0n) is 21.0. The zero-order chi connectivity index (χ0) is 26.2. The highest BCUT2D eigenvalue weighted by Crippen LogP contribution is 2.40. The predicted molar refractivity (Wildman–Crippen MR) is 158 cm³/mol. The van der Waals surface area contributed by atoms with E-state index in [-0.39, 0.29) is 0 Å². The van der Waals surface area contributed by atoms with Crippen molar-refractivity contribution in [3.05, 3.63) is 109 Å². The van der Waals surface area contributed by atoms with Crippen molar-refractivity contribution < 1.29 is 8.83 Å². The van der Waals surface area contributed by atoms with Crippen molar-refractivity contribution in [3.8, 4) is 22.6 Å². The molecule has 0 spiro atoms. The van der Waals surface area contributed by atoms with Crippen LogP contribution in [0.3, 0.4) is 0 Å². The third-order valence-corrected chi connectivity index (χ3v) is 7.55. The summed E-state index contributed by atoms with van der Waals surface area (Å²) in [6.07, 6.45) is 3.58. The van der Waals surface area contributed by atoms with Crippen LogP contribution < -0.4 is 0 Å². The standard InChI is InChI=1S/C34H18N4O2/c1-3-11-25-19(7-1)17-27(39-25)21-13-14-22(28-18-20-8-2-4-12-26(20)40-28)32-31(21)37-33-23-9-5-15-35-29(23)30-24(34(33)38-32)10-6-16-36-30/h1-18H. The number of furan rings is 2. The van der Waals surface area contributed by atoms with Crippen LogP contribution in [0.4, 0.5) is 0 Å². The highest BCUT2D eigenvalue weighted by molar-refractivity contribution is 6.22. The van der Waals surface area contributed by atoms with Gasteiger partial charge in [-0.1, -0.05) is 36.4 Å². The topological polar surface area (TPSA) is 77.8 Å². The average Bonchev–Trinajstić information content (AvgIpc) is 3.64. The van der Waals surface area contributed by atoms with Crippen molar-refractivity contribution in [3.63, 3.8) is 0 Å². The summed E-state index contributed by atoms with van der Waals surface area (Å²) >= 11 is 0. The van der Waals surface area contributed by atoms with Gasteiger partial charge in [0, 0.05) is 45.1 Å². The summed E-state index contributed by atoms with van der Waals surface area (Å²) in [5.74, 6) is 1.47. The van der Waals surface area contributed by atoms with E-state index >= 15 is 0 Å². The van der Waals surface area contributed by atoms with Gasteiger partial charge < -0.3 is 8.83 Å². The Balaban J connectivity index is 1.45.